The van der Waals surface area contributed by atoms with Crippen LogP contribution in [0.25, 0.3) is 5.52 Å². The van der Waals surface area contributed by atoms with Crippen molar-refractivity contribution in [2.24, 2.45) is 11.8 Å². The fraction of sp³-hybridized carbons (Fsp3) is 0.614. The van der Waals surface area contributed by atoms with Crippen molar-refractivity contribution in [1.29, 1.82) is 5.26 Å². The molecule has 0 unspecified atom stereocenters. The zero-order chi connectivity index (χ0) is 46.5. The summed E-state index contributed by atoms with van der Waals surface area (Å²) in [5, 5.41) is 18.0. The Morgan fingerprint density at radius 3 is 2.13 bits per heavy atom. The topological polar surface area (TPSA) is 242 Å². The van der Waals surface area contributed by atoms with Gasteiger partial charge in [-0.25, -0.2) is 14.1 Å². The van der Waals surface area contributed by atoms with Crippen molar-refractivity contribution < 1.29 is 56.5 Å². The number of nitrogens with one attached hydrogen (secondary N) is 1. The number of ether oxygens (including phenoxy) is 5. The van der Waals surface area contributed by atoms with Gasteiger partial charge in [0.05, 0.1) is 43.8 Å². The molecule has 18 nitrogen and oxygen atoms in total. The summed E-state index contributed by atoms with van der Waals surface area (Å²) in [5.74, 6) is -4.39. The van der Waals surface area contributed by atoms with Gasteiger partial charge in [0.2, 0.25) is 5.60 Å². The van der Waals surface area contributed by atoms with Crippen LogP contribution in [0.2, 0.25) is 0 Å². The summed E-state index contributed by atoms with van der Waals surface area (Å²) in [6.45, 7) is 15.8. The van der Waals surface area contributed by atoms with Crippen LogP contribution in [0.5, 0.6) is 5.75 Å². The number of nitrogens with zero attached hydrogens (tertiary/aromatic N) is 4. The highest BCUT2D eigenvalue weighted by atomic mass is 31.2. The lowest BCUT2D eigenvalue weighted by atomic mass is 9.87. The summed E-state index contributed by atoms with van der Waals surface area (Å²) < 4.78 is 58.0. The summed E-state index contributed by atoms with van der Waals surface area (Å²) in [7, 11) is -4.81. The highest BCUT2D eigenvalue weighted by Gasteiger charge is 2.63. The van der Waals surface area contributed by atoms with Gasteiger partial charge in [-0.2, -0.15) is 15.4 Å². The normalized spacial score (nSPS) is 20.2. The highest BCUT2D eigenvalue weighted by molar-refractivity contribution is 7.52. The van der Waals surface area contributed by atoms with Crippen molar-refractivity contribution in [3.8, 4) is 11.8 Å². The van der Waals surface area contributed by atoms with Gasteiger partial charge in [-0.05, 0) is 48.1 Å². The second-order valence-corrected chi connectivity index (χ2v) is 18.8. The molecule has 0 radical (unpaired) electrons. The van der Waals surface area contributed by atoms with Crippen LogP contribution in [0.15, 0.2) is 42.7 Å². The Kier molecular flexibility index (Phi) is 18.1. The number of benzene rings is 1. The second-order valence-electron chi connectivity index (χ2n) is 17.1. The van der Waals surface area contributed by atoms with Gasteiger partial charge in [-0.3, -0.25) is 23.7 Å². The van der Waals surface area contributed by atoms with Gasteiger partial charge in [0.25, 0.3) is 0 Å². The maximum atomic E-state index is 15.2. The maximum absolute atomic E-state index is 15.2. The molecule has 1 aliphatic rings. The molecule has 19 heteroatoms. The molecule has 4 rings (SSSR count). The number of anilines is 1. The van der Waals surface area contributed by atoms with E-state index in [1.807, 2.05) is 34.6 Å². The molecule has 0 amide bonds. The van der Waals surface area contributed by atoms with Crippen molar-refractivity contribution in [3.05, 3.63) is 54.0 Å². The molecule has 1 aliphatic heterocycles. The molecule has 0 bridgehead atoms. The Balaban J connectivity index is 1.81. The predicted octanol–water partition coefficient (Wildman–Crippen LogP) is 6.88. The first-order valence-corrected chi connectivity index (χ1v) is 23.1. The van der Waals surface area contributed by atoms with Crippen LogP contribution in [-0.4, -0.2) is 82.6 Å². The molecular weight excluding hydrogens is 835 g/mol. The number of rotatable bonds is 23. The minimum Gasteiger partial charge on any atom is -0.466 e. The Bertz CT molecular complexity index is 2110. The van der Waals surface area contributed by atoms with Crippen LogP contribution >= 0.6 is 7.75 Å². The second kappa shape index (κ2) is 22.5. The molecule has 1 saturated heterocycles. The third-order valence-electron chi connectivity index (χ3n) is 10.2. The maximum Gasteiger partial charge on any atom is 0.459 e. The number of nitrogens with two attached hydrogens (primary N) is 1. The first-order chi connectivity index (χ1) is 29.8. The number of hydrogen-bond donors (Lipinski definition) is 2. The largest absolute Gasteiger partial charge is 0.466 e. The first-order valence-electron chi connectivity index (χ1n) is 21.5. The SMILES string of the molecule is CCCCCOC(=O)C[C@H](N[P@](=O)(OC[C@H]1O[C@@](C#N)(c2ccc3c(N)ncnn23)[C@H](OC(=O)C(C)C)[C@@H]1OC(=O)C(C)C)Oc1ccc(C(C)(C)C)cc1)C(=O)OCCCCC. The van der Waals surface area contributed by atoms with Crippen LogP contribution in [0.4, 0.5) is 5.82 Å². The molecule has 0 aliphatic carbocycles. The van der Waals surface area contributed by atoms with Gasteiger partial charge in [-0.15, -0.1) is 0 Å². The summed E-state index contributed by atoms with van der Waals surface area (Å²) in [6, 6.07) is 10.3. The van der Waals surface area contributed by atoms with Crippen LogP contribution < -0.4 is 15.3 Å². The summed E-state index contributed by atoms with van der Waals surface area (Å²) in [5.41, 5.74) is 4.94. The van der Waals surface area contributed by atoms with Gasteiger partial charge in [0.15, 0.2) is 18.0 Å². The van der Waals surface area contributed by atoms with Gasteiger partial charge in [0.1, 0.15) is 35.8 Å². The lowest BCUT2D eigenvalue weighted by molar-refractivity contribution is -0.173. The number of carbonyl (C=O) groups excluding carboxylic acids is 4. The zero-order valence-corrected chi connectivity index (χ0v) is 38.7. The van der Waals surface area contributed by atoms with Crippen LogP contribution in [-0.2, 0) is 63.0 Å². The van der Waals surface area contributed by atoms with E-state index < -0.39 is 86.4 Å². The molecule has 63 heavy (non-hydrogen) atoms. The number of nitriles is 1. The van der Waals surface area contributed by atoms with Crippen molar-refractivity contribution in [3.63, 3.8) is 0 Å². The van der Waals surface area contributed by atoms with Gasteiger partial charge in [0, 0.05) is 0 Å². The fourth-order valence-electron chi connectivity index (χ4n) is 6.51. The first kappa shape index (κ1) is 50.6. The number of hydrogen-bond acceptors (Lipinski definition) is 16. The Morgan fingerprint density at radius 2 is 1.54 bits per heavy atom. The van der Waals surface area contributed by atoms with Gasteiger partial charge in [-0.1, -0.05) is 100 Å². The molecule has 2 aromatic heterocycles. The summed E-state index contributed by atoms with van der Waals surface area (Å²) in [4.78, 5) is 57.6. The van der Waals surface area contributed by atoms with Crippen molar-refractivity contribution in [2.75, 3.05) is 25.6 Å². The smallest absolute Gasteiger partial charge is 0.459 e. The number of esters is 4. The van der Waals surface area contributed by atoms with E-state index in [4.69, 9.17) is 38.5 Å². The van der Waals surface area contributed by atoms with E-state index in [9.17, 15) is 24.4 Å². The Labute approximate surface area is 369 Å². The lowest BCUT2D eigenvalue weighted by Crippen LogP contribution is -2.47. The average Bonchev–Trinajstić information content (AvgIpc) is 3.80. The predicted molar refractivity (Wildman–Crippen MR) is 231 cm³/mol. The van der Waals surface area contributed by atoms with E-state index in [2.05, 4.69) is 21.2 Å². The molecule has 3 heterocycles. The Morgan fingerprint density at radius 1 is 0.921 bits per heavy atom. The molecule has 3 aromatic rings. The average molecular weight is 899 g/mol. The van der Waals surface area contributed by atoms with E-state index in [0.29, 0.717) is 18.4 Å². The van der Waals surface area contributed by atoms with E-state index in [0.717, 1.165) is 37.6 Å². The number of unbranched alkanes of at least 4 members (excludes halogenated alkanes) is 4. The monoisotopic (exact) mass is 898 g/mol. The quantitative estimate of drug-likeness (QED) is 0.0426. The van der Waals surface area contributed by atoms with Gasteiger partial charge >= 0.3 is 31.6 Å². The third kappa shape index (κ3) is 13.2. The zero-order valence-electron chi connectivity index (χ0n) is 37.8. The van der Waals surface area contributed by atoms with Crippen molar-refractivity contribution >= 4 is 43.0 Å². The van der Waals surface area contributed by atoms with Crippen LogP contribution in [0.3, 0.4) is 0 Å². The molecule has 6 atom stereocenters. The van der Waals surface area contributed by atoms with E-state index in [1.54, 1.807) is 58.0 Å². The molecule has 1 aromatic carbocycles. The standard InChI is InChI=1S/C44H63N6O12P/c1-10-12-14-22-56-36(51)24-32(42(54)57-23-15-13-11-2)49-63(55,62-31-18-16-30(17-19-31)43(7,8)9)58-25-34-37(59-40(52)28(3)4)38(60-41(53)29(5)6)44(26-45,61-34)35-21-20-33-39(46)47-27-48-50(33)35/h16-21,27-29,32,34,37-38H,10-15,22-25H2,1-9H3,(H,49,55)(H2,46,47,48)/t32-,34+,37+,38+,44-,63-/m0/s1. The summed E-state index contributed by atoms with van der Waals surface area (Å²) in [6.07, 6.45) is 0.395. The van der Waals surface area contributed by atoms with E-state index in [-0.39, 0.29) is 35.9 Å². The molecule has 0 spiro atoms. The Hall–Kier alpha value is -5.08. The number of fused-ring (bicyclic) bond motifs is 1. The van der Waals surface area contributed by atoms with Crippen molar-refractivity contribution in [2.45, 2.75) is 143 Å². The minimum atomic E-state index is -4.81. The minimum absolute atomic E-state index is 0.0349. The molecule has 1 fully saturated rings. The molecule has 0 saturated carbocycles. The van der Waals surface area contributed by atoms with Crippen LogP contribution in [0.1, 0.15) is 119 Å². The third-order valence-corrected chi connectivity index (χ3v) is 11.8. The van der Waals surface area contributed by atoms with E-state index >= 15 is 4.57 Å². The number of aromatic nitrogens is 3. The van der Waals surface area contributed by atoms with Crippen molar-refractivity contribution in [1.82, 2.24) is 19.7 Å². The summed E-state index contributed by atoms with van der Waals surface area (Å²) >= 11 is 0. The van der Waals surface area contributed by atoms with Gasteiger partial charge < -0.3 is 33.9 Å². The highest BCUT2D eigenvalue weighted by Crippen LogP contribution is 2.49. The molecule has 346 valence electrons. The molecule has 3 N–H and O–H groups in total. The van der Waals surface area contributed by atoms with Crippen LogP contribution in [0, 0.1) is 23.2 Å². The lowest BCUT2D eigenvalue weighted by Gasteiger charge is -2.29. The molecular formula is C44H63N6O12P. The number of carbonyl (C=O) groups is 4. The fourth-order valence-corrected chi connectivity index (χ4v) is 8.01. The van der Waals surface area contributed by atoms with E-state index in [1.165, 1.54) is 10.6 Å². The number of nitrogen functional groups attached to an aromatic ring is 1.